The van der Waals surface area contributed by atoms with Crippen LogP contribution in [0.15, 0.2) is 78.9 Å². The highest BCUT2D eigenvalue weighted by Gasteiger charge is 2.20. The quantitative estimate of drug-likeness (QED) is 0.525. The SMILES string of the molecule is CS(=O)(=O)NC(CC(=O)Nc1ccc(Oc2ccccc2)cc1)c1ccc(Cl)cc1. The van der Waals surface area contributed by atoms with Crippen molar-refractivity contribution in [2.75, 3.05) is 11.6 Å². The van der Waals surface area contributed by atoms with E-state index in [0.717, 1.165) is 6.26 Å². The predicted molar refractivity (Wildman–Crippen MR) is 118 cm³/mol. The van der Waals surface area contributed by atoms with Gasteiger partial charge in [-0.1, -0.05) is 41.9 Å². The van der Waals surface area contributed by atoms with E-state index in [9.17, 15) is 13.2 Å². The van der Waals surface area contributed by atoms with E-state index in [0.29, 0.717) is 27.8 Å². The second-order valence-corrected chi connectivity index (χ2v) is 8.90. The average Bonchev–Trinajstić information content (AvgIpc) is 2.69. The number of halogens is 1. The monoisotopic (exact) mass is 444 g/mol. The molecule has 1 amide bonds. The van der Waals surface area contributed by atoms with Crippen LogP contribution >= 0.6 is 11.6 Å². The summed E-state index contributed by atoms with van der Waals surface area (Å²) in [7, 11) is -3.51. The maximum Gasteiger partial charge on any atom is 0.226 e. The van der Waals surface area contributed by atoms with Gasteiger partial charge in [0.2, 0.25) is 15.9 Å². The van der Waals surface area contributed by atoms with E-state index in [1.165, 1.54) is 0 Å². The lowest BCUT2D eigenvalue weighted by atomic mass is 10.0. The Morgan fingerprint density at radius 2 is 1.53 bits per heavy atom. The van der Waals surface area contributed by atoms with Gasteiger partial charge in [-0.05, 0) is 54.1 Å². The second kappa shape index (κ2) is 9.75. The molecule has 0 bridgehead atoms. The van der Waals surface area contributed by atoms with E-state index in [1.54, 1.807) is 48.5 Å². The van der Waals surface area contributed by atoms with Crippen molar-refractivity contribution in [1.29, 1.82) is 0 Å². The third kappa shape index (κ3) is 6.88. The summed E-state index contributed by atoms with van der Waals surface area (Å²) in [5, 5.41) is 3.30. The number of nitrogens with one attached hydrogen (secondary N) is 2. The van der Waals surface area contributed by atoms with Crippen LogP contribution in [0.4, 0.5) is 5.69 Å². The number of anilines is 1. The Labute approximate surface area is 180 Å². The normalized spacial score (nSPS) is 12.2. The van der Waals surface area contributed by atoms with Crippen LogP contribution in [0.3, 0.4) is 0 Å². The summed E-state index contributed by atoms with van der Waals surface area (Å²) in [6, 6.07) is 22.3. The number of hydrogen-bond acceptors (Lipinski definition) is 4. The number of carbonyl (C=O) groups excluding carboxylic acids is 1. The molecule has 0 fully saturated rings. The van der Waals surface area contributed by atoms with E-state index in [4.69, 9.17) is 16.3 Å². The van der Waals surface area contributed by atoms with Gasteiger partial charge in [0.1, 0.15) is 11.5 Å². The highest BCUT2D eigenvalue weighted by Crippen LogP contribution is 2.24. The van der Waals surface area contributed by atoms with Gasteiger partial charge in [0.15, 0.2) is 0 Å². The van der Waals surface area contributed by atoms with Gasteiger partial charge in [-0.15, -0.1) is 0 Å². The number of benzene rings is 3. The van der Waals surface area contributed by atoms with E-state index < -0.39 is 16.1 Å². The highest BCUT2D eigenvalue weighted by molar-refractivity contribution is 7.88. The molecule has 3 rings (SSSR count). The number of para-hydroxylation sites is 1. The van der Waals surface area contributed by atoms with E-state index in [-0.39, 0.29) is 12.3 Å². The van der Waals surface area contributed by atoms with Crippen LogP contribution in [0, 0.1) is 0 Å². The van der Waals surface area contributed by atoms with Crippen molar-refractivity contribution in [2.45, 2.75) is 12.5 Å². The molecule has 0 aromatic heterocycles. The molecule has 156 valence electrons. The summed E-state index contributed by atoms with van der Waals surface area (Å²) in [5.74, 6) is 1.02. The summed E-state index contributed by atoms with van der Waals surface area (Å²) in [6.07, 6.45) is 0.982. The van der Waals surface area contributed by atoms with Crippen molar-refractivity contribution in [3.63, 3.8) is 0 Å². The highest BCUT2D eigenvalue weighted by atomic mass is 35.5. The fourth-order valence-corrected chi connectivity index (χ4v) is 3.67. The third-order valence-corrected chi connectivity index (χ3v) is 5.10. The molecule has 0 heterocycles. The first-order chi connectivity index (χ1) is 14.3. The van der Waals surface area contributed by atoms with Gasteiger partial charge in [-0.2, -0.15) is 0 Å². The number of carbonyl (C=O) groups is 1. The summed E-state index contributed by atoms with van der Waals surface area (Å²) >= 11 is 5.90. The van der Waals surface area contributed by atoms with Gasteiger partial charge in [-0.25, -0.2) is 13.1 Å². The average molecular weight is 445 g/mol. The molecular weight excluding hydrogens is 424 g/mol. The van der Waals surface area contributed by atoms with Crippen LogP contribution in [0.2, 0.25) is 5.02 Å². The molecule has 2 N–H and O–H groups in total. The number of ether oxygens (including phenoxy) is 1. The van der Waals surface area contributed by atoms with Crippen molar-refractivity contribution >= 4 is 33.2 Å². The van der Waals surface area contributed by atoms with E-state index >= 15 is 0 Å². The molecule has 3 aromatic rings. The van der Waals surface area contributed by atoms with Crippen LogP contribution in [-0.2, 0) is 14.8 Å². The molecule has 8 heteroatoms. The molecule has 0 radical (unpaired) electrons. The molecular formula is C22H21ClN2O4S. The fraction of sp³-hybridized carbons (Fsp3) is 0.136. The zero-order chi connectivity index (χ0) is 21.6. The Bertz CT molecular complexity index is 1090. The number of sulfonamides is 1. The Kier molecular flexibility index (Phi) is 7.10. The maximum absolute atomic E-state index is 12.5. The van der Waals surface area contributed by atoms with Crippen molar-refractivity contribution in [3.05, 3.63) is 89.4 Å². The minimum atomic E-state index is -3.51. The molecule has 0 aliphatic carbocycles. The van der Waals surface area contributed by atoms with Crippen LogP contribution < -0.4 is 14.8 Å². The lowest BCUT2D eigenvalue weighted by Crippen LogP contribution is -2.30. The Balaban J connectivity index is 1.65. The molecule has 6 nitrogen and oxygen atoms in total. The second-order valence-electron chi connectivity index (χ2n) is 6.69. The third-order valence-electron chi connectivity index (χ3n) is 4.14. The minimum Gasteiger partial charge on any atom is -0.457 e. The summed E-state index contributed by atoms with van der Waals surface area (Å²) < 4.78 is 31.7. The number of amides is 1. The van der Waals surface area contributed by atoms with Gasteiger partial charge in [0, 0.05) is 17.1 Å². The molecule has 1 atom stereocenters. The standard InChI is InChI=1S/C22H21ClN2O4S/c1-30(27,28)25-21(16-7-9-17(23)10-8-16)15-22(26)24-18-11-13-20(14-12-18)29-19-5-3-2-4-6-19/h2-14,21,25H,15H2,1H3,(H,24,26). The van der Waals surface area contributed by atoms with Gasteiger partial charge < -0.3 is 10.1 Å². The first-order valence-corrected chi connectivity index (χ1v) is 11.4. The van der Waals surface area contributed by atoms with Crippen LogP contribution in [0.25, 0.3) is 0 Å². The van der Waals surface area contributed by atoms with E-state index in [2.05, 4.69) is 10.0 Å². The molecule has 0 aliphatic heterocycles. The topological polar surface area (TPSA) is 84.5 Å². The van der Waals surface area contributed by atoms with Crippen molar-refractivity contribution < 1.29 is 17.9 Å². The molecule has 0 spiro atoms. The minimum absolute atomic E-state index is 0.0725. The zero-order valence-electron chi connectivity index (χ0n) is 16.2. The lowest BCUT2D eigenvalue weighted by Gasteiger charge is -2.18. The molecule has 3 aromatic carbocycles. The molecule has 0 saturated heterocycles. The Morgan fingerprint density at radius 1 is 0.933 bits per heavy atom. The molecule has 0 saturated carbocycles. The smallest absolute Gasteiger partial charge is 0.226 e. The Morgan fingerprint density at radius 3 is 2.13 bits per heavy atom. The first-order valence-electron chi connectivity index (χ1n) is 9.14. The van der Waals surface area contributed by atoms with Crippen molar-refractivity contribution in [2.24, 2.45) is 0 Å². The van der Waals surface area contributed by atoms with Crippen molar-refractivity contribution in [3.8, 4) is 11.5 Å². The maximum atomic E-state index is 12.5. The lowest BCUT2D eigenvalue weighted by molar-refractivity contribution is -0.116. The van der Waals surface area contributed by atoms with Gasteiger partial charge >= 0.3 is 0 Å². The first kappa shape index (κ1) is 21.8. The van der Waals surface area contributed by atoms with Gasteiger partial charge in [-0.3, -0.25) is 4.79 Å². The van der Waals surface area contributed by atoms with Gasteiger partial charge in [0.25, 0.3) is 0 Å². The predicted octanol–water partition coefficient (Wildman–Crippen LogP) is 4.75. The largest absolute Gasteiger partial charge is 0.457 e. The van der Waals surface area contributed by atoms with Crippen molar-refractivity contribution in [1.82, 2.24) is 4.72 Å². The number of hydrogen-bond donors (Lipinski definition) is 2. The van der Waals surface area contributed by atoms with Gasteiger partial charge in [0.05, 0.1) is 12.3 Å². The molecule has 30 heavy (non-hydrogen) atoms. The summed E-state index contributed by atoms with van der Waals surface area (Å²) in [6.45, 7) is 0. The van der Waals surface area contributed by atoms with Crippen LogP contribution in [-0.4, -0.2) is 20.6 Å². The van der Waals surface area contributed by atoms with Crippen LogP contribution in [0.1, 0.15) is 18.0 Å². The number of rotatable bonds is 8. The molecule has 1 unspecified atom stereocenters. The Hall–Kier alpha value is -2.87. The van der Waals surface area contributed by atoms with Crippen LogP contribution in [0.5, 0.6) is 11.5 Å². The summed E-state index contributed by atoms with van der Waals surface area (Å²) in [5.41, 5.74) is 1.22. The molecule has 0 aliphatic rings. The van der Waals surface area contributed by atoms with E-state index in [1.807, 2.05) is 30.3 Å². The fourth-order valence-electron chi connectivity index (χ4n) is 2.81. The zero-order valence-corrected chi connectivity index (χ0v) is 17.8. The summed E-state index contributed by atoms with van der Waals surface area (Å²) in [4.78, 5) is 12.5.